The van der Waals surface area contributed by atoms with Gasteiger partial charge in [-0.1, -0.05) is 83.2 Å². The van der Waals surface area contributed by atoms with Gasteiger partial charge in [0.05, 0.1) is 76.0 Å². The molecule has 0 bridgehead atoms. The van der Waals surface area contributed by atoms with Crippen LogP contribution in [-0.2, 0) is 51.4 Å². The van der Waals surface area contributed by atoms with Crippen molar-refractivity contribution in [1.29, 1.82) is 0 Å². The van der Waals surface area contributed by atoms with Crippen molar-refractivity contribution in [3.05, 3.63) is 203 Å². The van der Waals surface area contributed by atoms with E-state index < -0.39 is 0 Å². The van der Waals surface area contributed by atoms with Gasteiger partial charge < -0.3 is 0 Å². The summed E-state index contributed by atoms with van der Waals surface area (Å²) >= 11 is 19.4. The first-order valence-electron chi connectivity index (χ1n) is 26.6. The monoisotopic (exact) mass is 1350 g/mol. The number of aryl methyl sites for hydroxylation is 8. The molecule has 9 rings (SSSR count). The van der Waals surface area contributed by atoms with Gasteiger partial charge in [-0.2, -0.15) is 0 Å². The molecule has 0 nitrogen and oxygen atoms in total. The van der Waals surface area contributed by atoms with Gasteiger partial charge >= 0.3 is 0 Å². The van der Waals surface area contributed by atoms with Gasteiger partial charge in [0.25, 0.3) is 0 Å². The molecule has 0 saturated carbocycles. The van der Waals surface area contributed by atoms with Crippen LogP contribution in [0, 0.1) is 97.6 Å². The Hall–Kier alpha value is -5.49. The second kappa shape index (κ2) is 28.5. The second-order valence-electron chi connectivity index (χ2n) is 18.0. The van der Waals surface area contributed by atoms with Crippen LogP contribution in [0.25, 0.3) is 0 Å². The Morgan fingerprint density at radius 2 is 0.475 bits per heavy atom. The predicted molar refractivity (Wildman–Crippen MR) is 364 cm³/mol. The van der Waals surface area contributed by atoms with Crippen molar-refractivity contribution in [3.63, 3.8) is 0 Å². The Bertz CT molecular complexity index is 4310. The molecule has 394 valence electrons. The maximum atomic E-state index is 3.53. The number of rotatable bonds is 8. The Morgan fingerprint density at radius 3 is 0.700 bits per heavy atom. The SMILES string of the molecule is CCc1cc(I)sc1C#Cc1cc(CC)c(C#Cc2cc(CC)c(C#Cc3cc(CC)c(C#Cc4cc(CC)c(C#Cc5cc(CC)c(C#Cc6cc(CC)c(C#Cc7cc(CC)c(C#Cc8ccc(Br)cc8)s7)s6)s5)s4)s3)s2)s1. The number of thiophene rings is 8. The number of benzene rings is 1. The van der Waals surface area contributed by atoms with Crippen LogP contribution in [-0.4, -0.2) is 0 Å². The fourth-order valence-electron chi connectivity index (χ4n) is 8.27. The lowest BCUT2D eigenvalue weighted by Crippen LogP contribution is -1.79. The van der Waals surface area contributed by atoms with Crippen LogP contribution in [0.5, 0.6) is 0 Å². The third-order valence-corrected chi connectivity index (χ3v) is 22.2. The van der Waals surface area contributed by atoms with Crippen molar-refractivity contribution in [3.8, 4) is 94.7 Å². The van der Waals surface area contributed by atoms with E-state index in [-0.39, 0.29) is 0 Å². The van der Waals surface area contributed by atoms with Gasteiger partial charge in [-0.05, 0) is 274 Å². The molecule has 0 saturated heterocycles. The third kappa shape index (κ3) is 15.1. The highest BCUT2D eigenvalue weighted by molar-refractivity contribution is 14.1. The van der Waals surface area contributed by atoms with Crippen molar-refractivity contribution < 1.29 is 0 Å². The van der Waals surface area contributed by atoms with Crippen LogP contribution in [0.15, 0.2) is 77.3 Å². The lowest BCUT2D eigenvalue weighted by atomic mass is 10.1. The van der Waals surface area contributed by atoms with E-state index in [4.69, 9.17) is 0 Å². The molecular weight excluding hydrogens is 1300 g/mol. The summed E-state index contributed by atoms with van der Waals surface area (Å²) in [6.07, 6.45) is 7.31. The molecule has 9 aromatic rings. The molecule has 0 atom stereocenters. The zero-order chi connectivity index (χ0) is 56.1. The van der Waals surface area contributed by atoms with E-state index in [1.807, 2.05) is 24.3 Å². The summed E-state index contributed by atoms with van der Waals surface area (Å²) in [6.45, 7) is 17.5. The summed E-state index contributed by atoms with van der Waals surface area (Å²) in [4.78, 5) is 15.9. The summed E-state index contributed by atoms with van der Waals surface area (Å²) in [5, 5.41) is 0. The molecular formula is C70H52BrIS8. The minimum Gasteiger partial charge on any atom is -0.120 e. The Labute approximate surface area is 528 Å². The molecule has 1 aromatic carbocycles. The Balaban J connectivity index is 0.871. The van der Waals surface area contributed by atoms with Gasteiger partial charge in [-0.15, -0.1) is 90.7 Å². The average Bonchev–Trinajstić information content (AvgIpc) is 4.36. The van der Waals surface area contributed by atoms with Gasteiger partial charge in [0.15, 0.2) is 0 Å². The highest BCUT2D eigenvalue weighted by Gasteiger charge is 2.13. The molecule has 0 aliphatic rings. The van der Waals surface area contributed by atoms with Gasteiger partial charge in [-0.25, -0.2) is 0 Å². The quantitative estimate of drug-likeness (QED) is 0.105. The van der Waals surface area contributed by atoms with Crippen LogP contribution in [0.4, 0.5) is 0 Å². The molecule has 0 spiro atoms. The molecule has 8 heterocycles. The molecule has 0 aliphatic carbocycles. The number of halogens is 2. The Morgan fingerprint density at radius 1 is 0.275 bits per heavy atom. The number of hydrogen-bond acceptors (Lipinski definition) is 8. The van der Waals surface area contributed by atoms with Crippen LogP contribution >= 0.6 is 129 Å². The van der Waals surface area contributed by atoms with E-state index in [2.05, 4.69) is 237 Å². The normalized spacial score (nSPS) is 10.2. The highest BCUT2D eigenvalue weighted by atomic mass is 127. The largest absolute Gasteiger partial charge is 0.120 e. The smallest absolute Gasteiger partial charge is 0.0817 e. The van der Waals surface area contributed by atoms with Crippen molar-refractivity contribution in [2.24, 2.45) is 0 Å². The first-order valence-corrected chi connectivity index (χ1v) is 35.0. The molecule has 0 N–H and O–H groups in total. The van der Waals surface area contributed by atoms with Gasteiger partial charge in [0.1, 0.15) is 0 Å². The van der Waals surface area contributed by atoms with Crippen molar-refractivity contribution in [2.45, 2.75) is 107 Å². The van der Waals surface area contributed by atoms with Crippen LogP contribution in [0.1, 0.15) is 179 Å². The minimum absolute atomic E-state index is 0.890. The van der Waals surface area contributed by atoms with E-state index in [1.165, 1.54) is 52.3 Å². The first kappa shape index (κ1) is 59.1. The summed E-state index contributed by atoms with van der Waals surface area (Å²) in [5.74, 6) is 55.6. The van der Waals surface area contributed by atoms with Crippen molar-refractivity contribution in [1.82, 2.24) is 0 Å². The maximum absolute atomic E-state index is 3.53. The first-order chi connectivity index (χ1) is 39.0. The van der Waals surface area contributed by atoms with Crippen molar-refractivity contribution in [2.75, 3.05) is 0 Å². The van der Waals surface area contributed by atoms with Crippen LogP contribution in [0.3, 0.4) is 0 Å². The zero-order valence-corrected chi connectivity index (χ0v) is 55.9. The third-order valence-electron chi connectivity index (χ3n) is 12.7. The summed E-state index contributed by atoms with van der Waals surface area (Å²) < 4.78 is 2.33. The van der Waals surface area contributed by atoms with E-state index in [1.54, 1.807) is 90.7 Å². The second-order valence-corrected chi connectivity index (χ2v) is 29.2. The highest BCUT2D eigenvalue weighted by Crippen LogP contribution is 2.31. The molecule has 0 amide bonds. The molecule has 0 fully saturated rings. The van der Waals surface area contributed by atoms with E-state index in [9.17, 15) is 0 Å². The van der Waals surface area contributed by atoms with Gasteiger partial charge in [-0.3, -0.25) is 0 Å². The Kier molecular flexibility index (Phi) is 21.0. The predicted octanol–water partition coefficient (Wildman–Crippen LogP) is 19.2. The van der Waals surface area contributed by atoms with Crippen LogP contribution in [0.2, 0.25) is 0 Å². The molecule has 80 heavy (non-hydrogen) atoms. The molecule has 8 aromatic heterocycles. The standard InChI is InChI=1S/C70H52BrIS8/c1-9-46-37-55(73-62(46)29-19-45-17-20-54(71)21-18-45)22-30-63-47(10-2)38-56(74-63)23-31-64-48(11-3)39-57(75-64)24-32-65-49(12-4)40-58(76-65)25-33-66-50(13-5)41-59(77-66)26-34-67-51(14-6)42-60(78-67)27-35-68-52(15-7)43-61(79-68)28-36-69-53(16-8)44-70(72)80-69/h17-18,20-21,37-44H,9-16H2,1-8H3. The molecule has 0 radical (unpaired) electrons. The summed E-state index contributed by atoms with van der Waals surface area (Å²) in [7, 11) is 0. The molecule has 0 aliphatic heterocycles. The topological polar surface area (TPSA) is 0 Å². The van der Waals surface area contributed by atoms with Crippen molar-refractivity contribution >= 4 is 129 Å². The van der Waals surface area contributed by atoms with Crippen LogP contribution < -0.4 is 0 Å². The fourth-order valence-corrected chi connectivity index (χ4v) is 17.1. The average molecular weight is 1360 g/mol. The maximum Gasteiger partial charge on any atom is 0.0817 e. The lowest BCUT2D eigenvalue weighted by Gasteiger charge is -1.91. The van der Waals surface area contributed by atoms with Gasteiger partial charge in [0.2, 0.25) is 0 Å². The zero-order valence-electron chi connectivity index (χ0n) is 45.6. The number of hydrogen-bond donors (Lipinski definition) is 0. The fraction of sp³-hybridized carbons (Fsp3) is 0.229. The summed E-state index contributed by atoms with van der Waals surface area (Å²) in [6, 6.07) is 25.8. The lowest BCUT2D eigenvalue weighted by molar-refractivity contribution is 1.15. The summed E-state index contributed by atoms with van der Waals surface area (Å²) in [5.41, 5.74) is 11.0. The molecule has 10 heteroatoms. The van der Waals surface area contributed by atoms with E-state index in [0.29, 0.717) is 0 Å². The molecule has 0 unspecified atom stereocenters. The van der Waals surface area contributed by atoms with E-state index in [0.717, 1.165) is 130 Å². The minimum atomic E-state index is 0.890. The van der Waals surface area contributed by atoms with E-state index >= 15 is 0 Å². The van der Waals surface area contributed by atoms with Gasteiger partial charge in [0, 0.05) is 10.0 Å².